The highest BCUT2D eigenvalue weighted by molar-refractivity contribution is 7.15. The van der Waals surface area contributed by atoms with Gasteiger partial charge in [-0.15, -0.1) is 11.3 Å². The lowest BCUT2D eigenvalue weighted by Crippen LogP contribution is -2.18. The molecule has 1 N–H and O–H groups in total. The fraction of sp³-hybridized carbons (Fsp3) is 0.214. The number of hydrogen-bond acceptors (Lipinski definition) is 3. The maximum Gasteiger partial charge on any atom is 0.193 e. The standard InChI is InChI=1S/C14H14ClN3S/c1-10(11-2-4-12(15)5-3-11)16-8-13-9-18-6-7-19-14(18)17-13/h2-7,9-10,16H,8H2,1H3/t10-/m0/s1. The molecule has 2 aromatic heterocycles. The monoisotopic (exact) mass is 291 g/mol. The molecule has 0 aliphatic rings. The van der Waals surface area contributed by atoms with E-state index in [-0.39, 0.29) is 6.04 Å². The Kier molecular flexibility index (Phi) is 3.55. The Hall–Kier alpha value is -1.36. The topological polar surface area (TPSA) is 29.3 Å². The third kappa shape index (κ3) is 2.81. The van der Waals surface area contributed by atoms with Gasteiger partial charge >= 0.3 is 0 Å². The van der Waals surface area contributed by atoms with Gasteiger partial charge in [0.25, 0.3) is 0 Å². The van der Waals surface area contributed by atoms with Crippen molar-refractivity contribution in [3.8, 4) is 0 Å². The van der Waals surface area contributed by atoms with Crippen LogP contribution in [-0.4, -0.2) is 9.38 Å². The first-order chi connectivity index (χ1) is 9.22. The van der Waals surface area contributed by atoms with E-state index in [9.17, 15) is 0 Å². The number of aromatic nitrogens is 2. The first kappa shape index (κ1) is 12.7. The molecule has 3 aromatic rings. The van der Waals surface area contributed by atoms with Gasteiger partial charge in [-0.1, -0.05) is 23.7 Å². The molecule has 2 heterocycles. The second kappa shape index (κ2) is 5.33. The quantitative estimate of drug-likeness (QED) is 0.790. The van der Waals surface area contributed by atoms with Crippen molar-refractivity contribution in [1.82, 2.24) is 14.7 Å². The van der Waals surface area contributed by atoms with E-state index in [4.69, 9.17) is 11.6 Å². The average molecular weight is 292 g/mol. The summed E-state index contributed by atoms with van der Waals surface area (Å²) in [6.07, 6.45) is 4.09. The third-order valence-electron chi connectivity index (χ3n) is 3.10. The molecular weight excluding hydrogens is 278 g/mol. The van der Waals surface area contributed by atoms with Crippen molar-refractivity contribution >= 4 is 27.9 Å². The van der Waals surface area contributed by atoms with Crippen molar-refractivity contribution in [3.63, 3.8) is 0 Å². The van der Waals surface area contributed by atoms with Crippen LogP contribution in [0.15, 0.2) is 42.0 Å². The highest BCUT2D eigenvalue weighted by Crippen LogP contribution is 2.17. The first-order valence-corrected chi connectivity index (χ1v) is 7.38. The van der Waals surface area contributed by atoms with Crippen LogP contribution in [0.3, 0.4) is 0 Å². The van der Waals surface area contributed by atoms with Gasteiger partial charge in [-0.25, -0.2) is 4.98 Å². The molecule has 0 fully saturated rings. The van der Waals surface area contributed by atoms with Gasteiger partial charge in [-0.2, -0.15) is 0 Å². The molecule has 0 amide bonds. The van der Waals surface area contributed by atoms with Gasteiger partial charge in [0.05, 0.1) is 5.69 Å². The van der Waals surface area contributed by atoms with Gasteiger partial charge in [0.1, 0.15) is 0 Å². The van der Waals surface area contributed by atoms with E-state index >= 15 is 0 Å². The summed E-state index contributed by atoms with van der Waals surface area (Å²) < 4.78 is 2.05. The van der Waals surface area contributed by atoms with Crippen molar-refractivity contribution < 1.29 is 0 Å². The number of rotatable bonds is 4. The molecular formula is C14H14ClN3S. The summed E-state index contributed by atoms with van der Waals surface area (Å²) in [5.41, 5.74) is 2.29. The third-order valence-corrected chi connectivity index (χ3v) is 4.13. The summed E-state index contributed by atoms with van der Waals surface area (Å²) >= 11 is 7.54. The van der Waals surface area contributed by atoms with Gasteiger partial charge in [0, 0.05) is 35.4 Å². The van der Waals surface area contributed by atoms with Gasteiger partial charge in [0.15, 0.2) is 4.96 Å². The van der Waals surface area contributed by atoms with Crippen LogP contribution in [0.4, 0.5) is 0 Å². The zero-order valence-electron chi connectivity index (χ0n) is 10.5. The lowest BCUT2D eigenvalue weighted by atomic mass is 10.1. The van der Waals surface area contributed by atoms with Crippen LogP contribution in [0.1, 0.15) is 24.2 Å². The SMILES string of the molecule is C[C@H](NCc1cn2ccsc2n1)c1ccc(Cl)cc1. The van der Waals surface area contributed by atoms with Crippen LogP contribution in [-0.2, 0) is 6.54 Å². The molecule has 0 spiro atoms. The van der Waals surface area contributed by atoms with Crippen LogP contribution >= 0.6 is 22.9 Å². The van der Waals surface area contributed by atoms with Crippen LogP contribution in [0.25, 0.3) is 4.96 Å². The predicted octanol–water partition coefficient (Wildman–Crippen LogP) is 3.90. The first-order valence-electron chi connectivity index (χ1n) is 6.12. The second-order valence-electron chi connectivity index (χ2n) is 4.48. The van der Waals surface area contributed by atoms with E-state index < -0.39 is 0 Å². The van der Waals surface area contributed by atoms with E-state index in [1.54, 1.807) is 11.3 Å². The van der Waals surface area contributed by atoms with Crippen molar-refractivity contribution in [2.75, 3.05) is 0 Å². The van der Waals surface area contributed by atoms with Crippen molar-refractivity contribution in [2.24, 2.45) is 0 Å². The number of thiazole rings is 1. The highest BCUT2D eigenvalue weighted by Gasteiger charge is 2.07. The highest BCUT2D eigenvalue weighted by atomic mass is 35.5. The van der Waals surface area contributed by atoms with Crippen molar-refractivity contribution in [1.29, 1.82) is 0 Å². The molecule has 1 atom stereocenters. The van der Waals surface area contributed by atoms with Gasteiger partial charge in [0.2, 0.25) is 0 Å². The summed E-state index contributed by atoms with van der Waals surface area (Å²) in [6.45, 7) is 2.90. The maximum absolute atomic E-state index is 5.89. The minimum absolute atomic E-state index is 0.275. The minimum Gasteiger partial charge on any atom is -0.305 e. The Morgan fingerprint density at radius 3 is 2.89 bits per heavy atom. The number of hydrogen-bond donors (Lipinski definition) is 1. The van der Waals surface area contributed by atoms with E-state index in [0.717, 1.165) is 22.2 Å². The zero-order chi connectivity index (χ0) is 13.2. The number of imidazole rings is 1. The van der Waals surface area contributed by atoms with E-state index in [1.807, 2.05) is 35.8 Å². The molecule has 0 saturated heterocycles. The molecule has 98 valence electrons. The lowest BCUT2D eigenvalue weighted by molar-refractivity contribution is 0.569. The van der Waals surface area contributed by atoms with Crippen LogP contribution < -0.4 is 5.32 Å². The summed E-state index contributed by atoms with van der Waals surface area (Å²) in [5.74, 6) is 0. The molecule has 3 rings (SSSR count). The molecule has 19 heavy (non-hydrogen) atoms. The molecule has 0 radical (unpaired) electrons. The Bertz CT molecular complexity index is 643. The number of halogens is 1. The van der Waals surface area contributed by atoms with Gasteiger partial charge in [-0.3, -0.25) is 4.40 Å². The Morgan fingerprint density at radius 1 is 1.37 bits per heavy atom. The molecule has 1 aromatic carbocycles. The Morgan fingerprint density at radius 2 is 2.16 bits per heavy atom. The van der Waals surface area contributed by atoms with E-state index in [0.29, 0.717) is 0 Å². The fourth-order valence-corrected chi connectivity index (χ4v) is 2.83. The van der Waals surface area contributed by atoms with Crippen LogP contribution in [0, 0.1) is 0 Å². The second-order valence-corrected chi connectivity index (χ2v) is 5.79. The fourth-order valence-electron chi connectivity index (χ4n) is 1.99. The predicted molar refractivity (Wildman–Crippen MR) is 79.8 cm³/mol. The van der Waals surface area contributed by atoms with Crippen molar-refractivity contribution in [3.05, 3.63) is 58.3 Å². The average Bonchev–Trinajstić information content (AvgIpc) is 2.97. The summed E-state index contributed by atoms with van der Waals surface area (Å²) in [4.78, 5) is 5.59. The number of fused-ring (bicyclic) bond motifs is 1. The summed E-state index contributed by atoms with van der Waals surface area (Å²) in [6, 6.07) is 8.21. The van der Waals surface area contributed by atoms with Crippen LogP contribution in [0.2, 0.25) is 5.02 Å². The van der Waals surface area contributed by atoms with Crippen molar-refractivity contribution in [2.45, 2.75) is 19.5 Å². The molecule has 3 nitrogen and oxygen atoms in total. The zero-order valence-corrected chi connectivity index (χ0v) is 12.1. The number of nitrogens with zero attached hydrogens (tertiary/aromatic N) is 2. The normalized spacial score (nSPS) is 12.9. The summed E-state index contributed by atoms with van der Waals surface area (Å²) in [5, 5.41) is 6.28. The molecule has 0 unspecified atom stereocenters. The van der Waals surface area contributed by atoms with Crippen LogP contribution in [0.5, 0.6) is 0 Å². The van der Waals surface area contributed by atoms with Gasteiger partial charge < -0.3 is 5.32 Å². The van der Waals surface area contributed by atoms with Gasteiger partial charge in [-0.05, 0) is 24.6 Å². The minimum atomic E-state index is 0.275. The molecule has 5 heteroatoms. The number of benzene rings is 1. The molecule has 0 aliphatic carbocycles. The van der Waals surface area contributed by atoms with E-state index in [2.05, 4.69) is 27.8 Å². The molecule has 0 bridgehead atoms. The lowest BCUT2D eigenvalue weighted by Gasteiger charge is -2.13. The maximum atomic E-state index is 5.89. The van der Waals surface area contributed by atoms with E-state index in [1.165, 1.54) is 5.56 Å². The summed E-state index contributed by atoms with van der Waals surface area (Å²) in [7, 11) is 0. The Balaban J connectivity index is 1.65. The molecule has 0 saturated carbocycles. The number of nitrogens with one attached hydrogen (secondary N) is 1. The molecule has 0 aliphatic heterocycles. The smallest absolute Gasteiger partial charge is 0.193 e. The Labute approximate surface area is 120 Å². The largest absolute Gasteiger partial charge is 0.305 e.